The van der Waals surface area contributed by atoms with Crippen molar-refractivity contribution in [1.82, 2.24) is 15.3 Å². The fraction of sp³-hybridized carbons (Fsp3) is 0.621. The van der Waals surface area contributed by atoms with Gasteiger partial charge in [-0.05, 0) is 94.4 Å². The summed E-state index contributed by atoms with van der Waals surface area (Å²) in [4.78, 5) is 26.4. The van der Waals surface area contributed by atoms with Gasteiger partial charge in [0.25, 0.3) is 5.91 Å². The van der Waals surface area contributed by atoms with Crippen LogP contribution in [0.2, 0.25) is 0 Å². The van der Waals surface area contributed by atoms with Crippen molar-refractivity contribution in [3.63, 3.8) is 0 Å². The van der Waals surface area contributed by atoms with Crippen LogP contribution in [0.25, 0.3) is 0 Å². The Balaban J connectivity index is 1.12. The standard InChI is InChI=1S/C29H38FN5O3/c1-17-16-34(24-5-4-21(12-22(24)30)28(2,3)37)8-9-35(17)27-31-7-6-23(32-27)26(36)33-25-19-10-18-11-20(25)15-29(38,13-18)14-19/h4-7,12,17-20,25,37-38H,8-11,13-16H2,1-3H3,(H,33,36)/t17-,18?,19?,20?,25-,29-/m0/s1. The lowest BCUT2D eigenvalue weighted by Crippen LogP contribution is -2.61. The van der Waals surface area contributed by atoms with E-state index in [-0.39, 0.29) is 23.8 Å². The molecule has 5 aliphatic rings. The first kappa shape index (κ1) is 25.5. The van der Waals surface area contributed by atoms with Crippen LogP contribution in [0.5, 0.6) is 0 Å². The lowest BCUT2D eigenvalue weighted by molar-refractivity contribution is -0.136. The van der Waals surface area contributed by atoms with E-state index in [0.29, 0.717) is 60.3 Å². The summed E-state index contributed by atoms with van der Waals surface area (Å²) >= 11 is 0. The highest BCUT2D eigenvalue weighted by molar-refractivity contribution is 5.92. The number of anilines is 2. The van der Waals surface area contributed by atoms with Crippen LogP contribution in [0.4, 0.5) is 16.0 Å². The fourth-order valence-corrected chi connectivity index (χ4v) is 7.67. The highest BCUT2D eigenvalue weighted by Crippen LogP contribution is 2.55. The predicted molar refractivity (Wildman–Crippen MR) is 142 cm³/mol. The number of amides is 1. The molecule has 1 aromatic carbocycles. The summed E-state index contributed by atoms with van der Waals surface area (Å²) < 4.78 is 14.9. The Labute approximate surface area is 223 Å². The van der Waals surface area contributed by atoms with Crippen molar-refractivity contribution >= 4 is 17.5 Å². The zero-order chi connectivity index (χ0) is 26.8. The number of aromatic nitrogens is 2. The van der Waals surface area contributed by atoms with Crippen molar-refractivity contribution < 1.29 is 19.4 Å². The van der Waals surface area contributed by atoms with Gasteiger partial charge in [0.15, 0.2) is 0 Å². The fourth-order valence-electron chi connectivity index (χ4n) is 7.67. The third kappa shape index (κ3) is 4.64. The first-order valence-electron chi connectivity index (χ1n) is 13.9. The number of aliphatic hydroxyl groups is 2. The molecule has 0 radical (unpaired) electrons. The Morgan fingerprint density at radius 2 is 1.89 bits per heavy atom. The number of halogens is 1. The van der Waals surface area contributed by atoms with Gasteiger partial charge in [-0.25, -0.2) is 14.4 Å². The lowest BCUT2D eigenvalue weighted by atomic mass is 9.52. The molecule has 4 saturated carbocycles. The SMILES string of the molecule is C[C@H]1CN(c2ccc(C(C)(C)O)cc2F)CCN1c1nccc(C(=O)N[C@H]2C3CC4CC2C[C@](O)(C4)C3)n1. The van der Waals surface area contributed by atoms with E-state index in [9.17, 15) is 19.4 Å². The van der Waals surface area contributed by atoms with Gasteiger partial charge in [0.1, 0.15) is 11.5 Å². The van der Waals surface area contributed by atoms with Crippen molar-refractivity contribution in [2.45, 2.75) is 76.2 Å². The van der Waals surface area contributed by atoms with Crippen LogP contribution >= 0.6 is 0 Å². The molecule has 2 unspecified atom stereocenters. The summed E-state index contributed by atoms with van der Waals surface area (Å²) in [5.74, 6) is 1.23. The molecule has 1 saturated heterocycles. The van der Waals surface area contributed by atoms with Gasteiger partial charge in [0.2, 0.25) is 5.95 Å². The Morgan fingerprint density at radius 1 is 1.16 bits per heavy atom. The Hall–Kier alpha value is -2.78. The van der Waals surface area contributed by atoms with Crippen LogP contribution in [0.3, 0.4) is 0 Å². The number of benzene rings is 1. The van der Waals surface area contributed by atoms with E-state index in [4.69, 9.17) is 0 Å². The summed E-state index contributed by atoms with van der Waals surface area (Å²) in [7, 11) is 0. The van der Waals surface area contributed by atoms with Crippen LogP contribution in [0.15, 0.2) is 30.5 Å². The molecule has 1 aliphatic heterocycles. The van der Waals surface area contributed by atoms with Gasteiger partial charge in [-0.1, -0.05) is 6.07 Å². The Morgan fingerprint density at radius 3 is 2.53 bits per heavy atom. The van der Waals surface area contributed by atoms with Crippen molar-refractivity contribution in [2.24, 2.45) is 17.8 Å². The maximum absolute atomic E-state index is 14.9. The third-order valence-electron chi connectivity index (χ3n) is 9.29. The predicted octanol–water partition coefficient (Wildman–Crippen LogP) is 3.23. The Bertz CT molecular complexity index is 1220. The van der Waals surface area contributed by atoms with Crippen molar-refractivity contribution in [2.75, 3.05) is 29.4 Å². The van der Waals surface area contributed by atoms with E-state index in [1.54, 1.807) is 38.2 Å². The Kier molecular flexibility index (Phi) is 6.14. The number of piperazine rings is 1. The molecule has 204 valence electrons. The maximum Gasteiger partial charge on any atom is 0.270 e. The average molecular weight is 524 g/mol. The summed E-state index contributed by atoms with van der Waals surface area (Å²) in [6, 6.07) is 6.66. The molecule has 8 nitrogen and oxygen atoms in total. The number of hydrogen-bond acceptors (Lipinski definition) is 7. The van der Waals surface area contributed by atoms with Crippen LogP contribution < -0.4 is 15.1 Å². The molecule has 4 bridgehead atoms. The second-order valence-corrected chi connectivity index (χ2v) is 12.6. The lowest BCUT2D eigenvalue weighted by Gasteiger charge is -2.58. The van der Waals surface area contributed by atoms with E-state index < -0.39 is 11.2 Å². The second-order valence-electron chi connectivity index (χ2n) is 12.6. The normalized spacial score (nSPS) is 32.5. The van der Waals surface area contributed by atoms with Gasteiger partial charge in [0.05, 0.1) is 16.9 Å². The molecule has 38 heavy (non-hydrogen) atoms. The summed E-state index contributed by atoms with van der Waals surface area (Å²) in [6.07, 6.45) is 6.28. The van der Waals surface area contributed by atoms with E-state index in [1.165, 1.54) is 6.07 Å². The number of rotatable bonds is 5. The van der Waals surface area contributed by atoms with E-state index in [2.05, 4.69) is 20.2 Å². The minimum atomic E-state index is -1.10. The molecule has 9 heteroatoms. The number of carbonyl (C=O) groups is 1. The molecule has 3 atom stereocenters. The highest BCUT2D eigenvalue weighted by atomic mass is 19.1. The topological polar surface area (TPSA) is 102 Å². The monoisotopic (exact) mass is 523 g/mol. The first-order valence-corrected chi connectivity index (χ1v) is 13.9. The van der Waals surface area contributed by atoms with E-state index in [1.807, 2.05) is 11.8 Å². The molecule has 4 aliphatic carbocycles. The number of nitrogens with zero attached hydrogens (tertiary/aromatic N) is 4. The molecule has 1 amide bonds. The quantitative estimate of drug-likeness (QED) is 0.553. The minimum Gasteiger partial charge on any atom is -0.390 e. The smallest absolute Gasteiger partial charge is 0.270 e. The molecule has 2 aromatic rings. The molecule has 7 rings (SSSR count). The van der Waals surface area contributed by atoms with Crippen LogP contribution in [0, 0.1) is 23.6 Å². The highest BCUT2D eigenvalue weighted by Gasteiger charge is 2.55. The summed E-state index contributed by atoms with van der Waals surface area (Å²) in [6.45, 7) is 7.08. The van der Waals surface area contributed by atoms with Gasteiger partial charge in [-0.3, -0.25) is 4.79 Å². The average Bonchev–Trinajstić information content (AvgIpc) is 2.84. The molecular weight excluding hydrogens is 485 g/mol. The van der Waals surface area contributed by atoms with Crippen LogP contribution in [-0.4, -0.2) is 63.4 Å². The zero-order valence-electron chi connectivity index (χ0n) is 22.4. The van der Waals surface area contributed by atoms with E-state index in [0.717, 1.165) is 32.1 Å². The van der Waals surface area contributed by atoms with Gasteiger partial charge >= 0.3 is 0 Å². The molecule has 0 spiro atoms. The van der Waals surface area contributed by atoms with Crippen molar-refractivity contribution in [3.05, 3.63) is 47.5 Å². The molecular formula is C29H38FN5O3. The second kappa shape index (κ2) is 9.16. The third-order valence-corrected chi connectivity index (χ3v) is 9.29. The molecule has 3 N–H and O–H groups in total. The molecule has 1 aromatic heterocycles. The van der Waals surface area contributed by atoms with Gasteiger partial charge in [-0.2, -0.15) is 0 Å². The molecule has 5 fully saturated rings. The minimum absolute atomic E-state index is 0.000547. The largest absolute Gasteiger partial charge is 0.390 e. The maximum atomic E-state index is 14.9. The first-order chi connectivity index (χ1) is 18.0. The van der Waals surface area contributed by atoms with Crippen LogP contribution in [0.1, 0.15) is 68.9 Å². The van der Waals surface area contributed by atoms with E-state index >= 15 is 0 Å². The van der Waals surface area contributed by atoms with Crippen molar-refractivity contribution in [1.29, 1.82) is 0 Å². The van der Waals surface area contributed by atoms with Gasteiger partial charge in [0, 0.05) is 37.9 Å². The zero-order valence-corrected chi connectivity index (χ0v) is 22.4. The summed E-state index contributed by atoms with van der Waals surface area (Å²) in [5.41, 5.74) is -0.224. The van der Waals surface area contributed by atoms with Gasteiger partial charge in [-0.15, -0.1) is 0 Å². The summed E-state index contributed by atoms with van der Waals surface area (Å²) in [5, 5.41) is 24.3. The van der Waals surface area contributed by atoms with Crippen LogP contribution in [-0.2, 0) is 5.60 Å². The van der Waals surface area contributed by atoms with Crippen molar-refractivity contribution in [3.8, 4) is 0 Å². The van der Waals surface area contributed by atoms with Gasteiger partial charge < -0.3 is 25.3 Å². The molecule has 2 heterocycles. The number of hydrogen-bond donors (Lipinski definition) is 3. The number of nitrogens with one attached hydrogen (secondary N) is 1. The number of carbonyl (C=O) groups excluding carboxylic acids is 1.